The highest BCUT2D eigenvalue weighted by Gasteiger charge is 2.24. The Morgan fingerprint density at radius 3 is 2.56 bits per heavy atom. The lowest BCUT2D eigenvalue weighted by Crippen LogP contribution is -2.23. The zero-order chi connectivity index (χ0) is 18.0. The van der Waals surface area contributed by atoms with E-state index < -0.39 is 5.91 Å². The van der Waals surface area contributed by atoms with Gasteiger partial charge in [-0.2, -0.15) is 10.1 Å². The van der Waals surface area contributed by atoms with Crippen molar-refractivity contribution >= 4 is 40.7 Å². The molecule has 1 aliphatic rings. The predicted octanol–water partition coefficient (Wildman–Crippen LogP) is 2.32. The van der Waals surface area contributed by atoms with Gasteiger partial charge in [0.2, 0.25) is 11.8 Å². The van der Waals surface area contributed by atoms with Gasteiger partial charge in [-0.25, -0.2) is 4.68 Å². The monoisotopic (exact) mass is 354 g/mol. The quantitative estimate of drug-likeness (QED) is 0.836. The molecule has 0 saturated heterocycles. The molecule has 1 aliphatic heterocycles. The van der Waals surface area contributed by atoms with Gasteiger partial charge in [0, 0.05) is 31.2 Å². The highest BCUT2D eigenvalue weighted by molar-refractivity contribution is 8.18. The van der Waals surface area contributed by atoms with Crippen LogP contribution in [0.4, 0.5) is 0 Å². The Bertz CT molecular complexity index is 929. The molecule has 2 heterocycles. The summed E-state index contributed by atoms with van der Waals surface area (Å²) in [6, 6.07) is 9.36. The van der Waals surface area contributed by atoms with Crippen LogP contribution in [0, 0.1) is 0 Å². The van der Waals surface area contributed by atoms with Crippen LogP contribution in [0.25, 0.3) is 17.3 Å². The average molecular weight is 354 g/mol. The minimum atomic E-state index is -0.441. The summed E-state index contributed by atoms with van der Waals surface area (Å²) in [6.45, 7) is 2.76. The molecule has 2 aromatic rings. The molecule has 0 spiro atoms. The molecule has 8 heteroatoms. The molecule has 1 N–H and O–H groups in total. The third kappa shape index (κ3) is 3.74. The second-order valence-electron chi connectivity index (χ2n) is 5.28. The molecule has 0 saturated carbocycles. The van der Waals surface area contributed by atoms with Gasteiger partial charge in [-0.15, -0.1) is 0 Å². The van der Waals surface area contributed by atoms with Gasteiger partial charge < -0.3 is 5.32 Å². The molecule has 1 aromatic carbocycles. The van der Waals surface area contributed by atoms with Gasteiger partial charge in [0.15, 0.2) is 5.17 Å². The molecule has 126 valence electrons. The lowest BCUT2D eigenvalue weighted by molar-refractivity contribution is -0.117. The van der Waals surface area contributed by atoms with Gasteiger partial charge in [0.05, 0.1) is 4.91 Å². The van der Waals surface area contributed by atoms with Gasteiger partial charge in [-0.1, -0.05) is 30.3 Å². The molecule has 0 aliphatic carbocycles. The minimum absolute atomic E-state index is 0.234. The first-order valence-electron chi connectivity index (χ1n) is 7.40. The summed E-state index contributed by atoms with van der Waals surface area (Å²) in [5.74, 6) is -0.972. The number of amidine groups is 1. The van der Waals surface area contributed by atoms with E-state index in [0.717, 1.165) is 17.3 Å². The van der Waals surface area contributed by atoms with Crippen molar-refractivity contribution in [3.05, 3.63) is 47.0 Å². The largest absolute Gasteiger partial charge is 0.305 e. The molecule has 0 radical (unpaired) electrons. The molecule has 2 amide bonds. The number of hydrogen-bond acceptors (Lipinski definition) is 5. The number of nitrogens with zero attached hydrogens (tertiary/aromatic N) is 3. The van der Waals surface area contributed by atoms with Crippen LogP contribution in [-0.4, -0.2) is 32.7 Å². The van der Waals surface area contributed by atoms with E-state index in [1.807, 2.05) is 30.3 Å². The van der Waals surface area contributed by atoms with E-state index in [4.69, 9.17) is 0 Å². The Morgan fingerprint density at radius 2 is 1.92 bits per heavy atom. The third-order valence-electron chi connectivity index (χ3n) is 3.30. The van der Waals surface area contributed by atoms with Crippen LogP contribution in [-0.2, 0) is 9.59 Å². The van der Waals surface area contributed by atoms with Crippen molar-refractivity contribution in [1.29, 1.82) is 0 Å². The van der Waals surface area contributed by atoms with Crippen molar-refractivity contribution in [3.63, 3.8) is 0 Å². The smallest absolute Gasteiger partial charge is 0.286 e. The molecule has 0 unspecified atom stereocenters. The maximum atomic E-state index is 12.0. The number of aromatic nitrogens is 2. The fourth-order valence-electron chi connectivity index (χ4n) is 2.23. The normalized spacial score (nSPS) is 15.4. The predicted molar refractivity (Wildman–Crippen MR) is 95.8 cm³/mol. The summed E-state index contributed by atoms with van der Waals surface area (Å²) in [4.78, 5) is 38.9. The van der Waals surface area contributed by atoms with Crippen LogP contribution in [0.1, 0.15) is 24.2 Å². The Morgan fingerprint density at radius 1 is 1.20 bits per heavy atom. The number of amides is 2. The first-order chi connectivity index (χ1) is 11.9. The molecule has 1 aromatic heterocycles. The van der Waals surface area contributed by atoms with E-state index in [2.05, 4.69) is 15.4 Å². The second kappa shape index (κ2) is 6.86. The van der Waals surface area contributed by atoms with E-state index in [1.165, 1.54) is 18.5 Å². The average Bonchev–Trinajstić information content (AvgIpc) is 3.12. The summed E-state index contributed by atoms with van der Waals surface area (Å²) < 4.78 is 1.23. The highest BCUT2D eigenvalue weighted by atomic mass is 32.2. The van der Waals surface area contributed by atoms with E-state index in [0.29, 0.717) is 16.2 Å². The number of thioether (sulfide) groups is 1. The zero-order valence-corrected chi connectivity index (χ0v) is 14.3. The summed E-state index contributed by atoms with van der Waals surface area (Å²) in [5, 5.41) is 7.04. The van der Waals surface area contributed by atoms with Crippen molar-refractivity contribution in [2.24, 2.45) is 4.99 Å². The Labute approximate surface area is 147 Å². The van der Waals surface area contributed by atoms with Crippen LogP contribution in [0.2, 0.25) is 0 Å². The van der Waals surface area contributed by atoms with Crippen molar-refractivity contribution in [2.45, 2.75) is 13.8 Å². The number of nitrogens with one attached hydrogen (secondary N) is 1. The molecule has 0 fully saturated rings. The Hall–Kier alpha value is -3.00. The Balaban J connectivity index is 1.99. The second-order valence-corrected chi connectivity index (χ2v) is 6.31. The van der Waals surface area contributed by atoms with Gasteiger partial charge in [0.1, 0.15) is 5.69 Å². The van der Waals surface area contributed by atoms with Crippen molar-refractivity contribution < 1.29 is 14.4 Å². The van der Waals surface area contributed by atoms with Crippen LogP contribution >= 0.6 is 11.8 Å². The summed E-state index contributed by atoms with van der Waals surface area (Å²) in [5.41, 5.74) is 2.04. The first-order valence-corrected chi connectivity index (χ1v) is 8.22. The fourth-order valence-corrected chi connectivity index (χ4v) is 3.08. The van der Waals surface area contributed by atoms with Crippen molar-refractivity contribution in [2.75, 3.05) is 0 Å². The number of carbonyl (C=O) groups excluding carboxylic acids is 3. The molecule has 0 atom stereocenters. The molecule has 25 heavy (non-hydrogen) atoms. The molecular formula is C17H14N4O3S. The molecule has 7 nitrogen and oxygen atoms in total. The lowest BCUT2D eigenvalue weighted by atomic mass is 10.1. The Kier molecular flexibility index (Phi) is 4.62. The van der Waals surface area contributed by atoms with Crippen molar-refractivity contribution in [3.8, 4) is 11.3 Å². The molecule has 3 rings (SSSR count). The lowest BCUT2D eigenvalue weighted by Gasteiger charge is -2.00. The van der Waals surface area contributed by atoms with E-state index in [9.17, 15) is 14.4 Å². The van der Waals surface area contributed by atoms with Crippen LogP contribution in [0.15, 0.2) is 46.4 Å². The number of carbonyl (C=O) groups is 3. The van der Waals surface area contributed by atoms with Crippen LogP contribution in [0.5, 0.6) is 0 Å². The van der Waals surface area contributed by atoms with Crippen LogP contribution in [0.3, 0.4) is 0 Å². The molecule has 0 bridgehead atoms. The summed E-state index contributed by atoms with van der Waals surface area (Å²) in [6.07, 6.45) is 3.20. The van der Waals surface area contributed by atoms with Gasteiger partial charge in [-0.05, 0) is 17.8 Å². The third-order valence-corrected chi connectivity index (χ3v) is 4.20. The zero-order valence-electron chi connectivity index (χ0n) is 13.5. The minimum Gasteiger partial charge on any atom is -0.305 e. The van der Waals surface area contributed by atoms with Gasteiger partial charge in [-0.3, -0.25) is 14.4 Å². The van der Waals surface area contributed by atoms with Gasteiger partial charge in [0.25, 0.3) is 5.91 Å². The summed E-state index contributed by atoms with van der Waals surface area (Å²) >= 11 is 1.07. The van der Waals surface area contributed by atoms with E-state index in [1.54, 1.807) is 12.3 Å². The fraction of sp³-hybridized carbons (Fsp3) is 0.118. The number of rotatable bonds is 2. The van der Waals surface area contributed by atoms with E-state index in [-0.39, 0.29) is 17.0 Å². The van der Waals surface area contributed by atoms with E-state index >= 15 is 0 Å². The standard InChI is InChI=1S/C17H14N4O3S/c1-10(22)18-17-19-16(24)14(25-17)8-13-9-21(11(2)23)20-15(13)12-6-4-3-5-7-12/h3-9H,1-2H3,(H,18,19,22,24)/b14-8+. The maximum absolute atomic E-state index is 12.0. The van der Waals surface area contributed by atoms with Crippen LogP contribution < -0.4 is 5.32 Å². The number of aliphatic imine (C=N–C) groups is 1. The highest BCUT2D eigenvalue weighted by Crippen LogP contribution is 2.30. The maximum Gasteiger partial charge on any atom is 0.286 e. The summed E-state index contributed by atoms with van der Waals surface area (Å²) in [7, 11) is 0. The topological polar surface area (TPSA) is 93.4 Å². The molecular weight excluding hydrogens is 340 g/mol. The van der Waals surface area contributed by atoms with Gasteiger partial charge >= 0.3 is 0 Å². The van der Waals surface area contributed by atoms with Crippen molar-refractivity contribution in [1.82, 2.24) is 15.1 Å². The number of hydrogen-bond donors (Lipinski definition) is 1. The SMILES string of the molecule is CC(=O)NC1=NC(=O)/C(=C\c2cn(C(C)=O)nc2-c2ccccc2)S1. The number of benzene rings is 1. The first kappa shape index (κ1) is 16.8.